The van der Waals surface area contributed by atoms with Crippen LogP contribution in [-0.2, 0) is 27.7 Å². The lowest BCUT2D eigenvalue weighted by Crippen LogP contribution is -2.31. The molecule has 0 fully saturated rings. The molecule has 1 aliphatic rings. The highest BCUT2D eigenvalue weighted by atomic mass is 32.2. The first-order valence-electron chi connectivity index (χ1n) is 16.0. The minimum absolute atomic E-state index is 0.0345. The van der Waals surface area contributed by atoms with Crippen molar-refractivity contribution in [3.05, 3.63) is 124 Å². The number of carbonyl (C=O) groups is 3. The maximum atomic E-state index is 14.0. The summed E-state index contributed by atoms with van der Waals surface area (Å²) in [5, 5.41) is 9.78. The monoisotopic (exact) mass is 716 g/mol. The zero-order chi connectivity index (χ0) is 36.7. The van der Waals surface area contributed by atoms with Crippen LogP contribution in [0.5, 0.6) is 0 Å². The van der Waals surface area contributed by atoms with E-state index in [1.54, 1.807) is 51.1 Å². The van der Waals surface area contributed by atoms with Crippen LogP contribution in [0.3, 0.4) is 0 Å². The van der Waals surface area contributed by atoms with Gasteiger partial charge in [0.25, 0.3) is 21.8 Å². The van der Waals surface area contributed by atoms with E-state index in [9.17, 15) is 31.6 Å². The standard InChI is InChI=1S/C36H34F2N6O6S/c1-20-23-13-15-28(25(23)12-11-24(20)35(47)50-36(2,3)4)42-34(46)31-17-29(33(45)39-18-21-10-14-26(37)27(38)16-21)41-32-30(19-40-44(31)32)43-51(48,49)22-8-6-5-7-9-22/h5-12,14,16-17,19,28,43H,13,15,18H2,1-4H3,(H,39,45)(H,42,46)/t28-/m0/s1. The third-order valence-corrected chi connectivity index (χ3v) is 9.67. The lowest BCUT2D eigenvalue weighted by molar-refractivity contribution is 0.00683. The van der Waals surface area contributed by atoms with Crippen LogP contribution >= 0.6 is 0 Å². The number of nitrogens with one attached hydrogen (secondary N) is 3. The Morgan fingerprint density at radius 1 is 0.980 bits per heavy atom. The second-order valence-corrected chi connectivity index (χ2v) is 14.7. The second kappa shape index (κ2) is 13.5. The average molecular weight is 717 g/mol. The lowest BCUT2D eigenvalue weighted by Gasteiger charge is -2.21. The number of nitrogens with zero attached hydrogens (tertiary/aromatic N) is 3. The number of esters is 1. The van der Waals surface area contributed by atoms with Crippen molar-refractivity contribution in [1.29, 1.82) is 0 Å². The van der Waals surface area contributed by atoms with Crippen molar-refractivity contribution < 1.29 is 36.3 Å². The van der Waals surface area contributed by atoms with Crippen molar-refractivity contribution in [2.75, 3.05) is 4.72 Å². The quantitative estimate of drug-likeness (QED) is 0.171. The van der Waals surface area contributed by atoms with Crippen molar-refractivity contribution in [1.82, 2.24) is 25.2 Å². The van der Waals surface area contributed by atoms with Gasteiger partial charge < -0.3 is 15.4 Å². The summed E-state index contributed by atoms with van der Waals surface area (Å²) in [6, 6.07) is 15.0. The summed E-state index contributed by atoms with van der Waals surface area (Å²) in [4.78, 5) is 44.5. The first kappa shape index (κ1) is 35.1. The Bertz CT molecular complexity index is 2300. The van der Waals surface area contributed by atoms with E-state index in [0.29, 0.717) is 18.4 Å². The summed E-state index contributed by atoms with van der Waals surface area (Å²) in [7, 11) is -4.11. The van der Waals surface area contributed by atoms with E-state index in [0.717, 1.165) is 33.3 Å². The van der Waals surface area contributed by atoms with Crippen LogP contribution in [0.4, 0.5) is 14.5 Å². The fourth-order valence-electron chi connectivity index (χ4n) is 5.86. The summed E-state index contributed by atoms with van der Waals surface area (Å²) in [5.74, 6) is -3.97. The van der Waals surface area contributed by atoms with Gasteiger partial charge in [0.2, 0.25) is 0 Å². The zero-order valence-corrected chi connectivity index (χ0v) is 28.9. The Morgan fingerprint density at radius 3 is 2.43 bits per heavy atom. The molecular weight excluding hydrogens is 682 g/mol. The number of hydrogen-bond acceptors (Lipinski definition) is 8. The van der Waals surface area contributed by atoms with Crippen LogP contribution < -0.4 is 15.4 Å². The van der Waals surface area contributed by atoms with Gasteiger partial charge in [0.1, 0.15) is 22.7 Å². The molecule has 2 heterocycles. The second-order valence-electron chi connectivity index (χ2n) is 13.0. The zero-order valence-electron chi connectivity index (χ0n) is 28.1. The third-order valence-electron chi connectivity index (χ3n) is 8.29. The predicted octanol–water partition coefficient (Wildman–Crippen LogP) is 5.42. The molecule has 0 saturated carbocycles. The predicted molar refractivity (Wildman–Crippen MR) is 183 cm³/mol. The molecule has 1 atom stereocenters. The first-order chi connectivity index (χ1) is 24.1. The van der Waals surface area contributed by atoms with E-state index in [4.69, 9.17) is 4.74 Å². The highest BCUT2D eigenvalue weighted by Gasteiger charge is 2.30. The summed E-state index contributed by atoms with van der Waals surface area (Å²) in [6.07, 6.45) is 2.28. The molecule has 2 amide bonds. The van der Waals surface area contributed by atoms with E-state index >= 15 is 0 Å². The van der Waals surface area contributed by atoms with Gasteiger partial charge in [-0.2, -0.15) is 5.10 Å². The van der Waals surface area contributed by atoms with Crippen molar-refractivity contribution in [2.24, 2.45) is 0 Å². The Labute approximate surface area is 292 Å². The summed E-state index contributed by atoms with van der Waals surface area (Å²) >= 11 is 0. The van der Waals surface area contributed by atoms with E-state index in [-0.39, 0.29) is 39.7 Å². The number of aromatic nitrogens is 3. The van der Waals surface area contributed by atoms with Gasteiger partial charge in [0, 0.05) is 12.6 Å². The minimum Gasteiger partial charge on any atom is -0.456 e. The van der Waals surface area contributed by atoms with Crippen molar-refractivity contribution in [2.45, 2.75) is 63.6 Å². The normalized spacial score (nSPS) is 14.2. The molecule has 0 unspecified atom stereocenters. The molecule has 1 aliphatic carbocycles. The molecular formula is C36H34F2N6O6S. The SMILES string of the molecule is Cc1c(C(=O)OC(C)(C)C)ccc2c1CC[C@@H]2NC(=O)c1cc(C(=O)NCc2ccc(F)c(F)c2)nc2c(NS(=O)(=O)c3ccccc3)cnn12. The van der Waals surface area contributed by atoms with E-state index < -0.39 is 51.1 Å². The number of ether oxygens (including phenoxy) is 1. The molecule has 51 heavy (non-hydrogen) atoms. The minimum atomic E-state index is -4.11. The molecule has 0 bridgehead atoms. The number of carbonyl (C=O) groups excluding carboxylic acids is 3. The molecule has 2 aromatic heterocycles. The Balaban J connectivity index is 1.32. The molecule has 15 heteroatoms. The van der Waals surface area contributed by atoms with Crippen LogP contribution in [0.2, 0.25) is 0 Å². The number of rotatable bonds is 9. The fraction of sp³-hybridized carbons (Fsp3) is 0.250. The number of fused-ring (bicyclic) bond motifs is 2. The fourth-order valence-corrected chi connectivity index (χ4v) is 6.92. The van der Waals surface area contributed by atoms with Gasteiger partial charge in [-0.25, -0.2) is 31.5 Å². The molecule has 264 valence electrons. The highest BCUT2D eigenvalue weighted by molar-refractivity contribution is 7.92. The van der Waals surface area contributed by atoms with Gasteiger partial charge in [0.15, 0.2) is 17.3 Å². The van der Waals surface area contributed by atoms with Crippen molar-refractivity contribution >= 4 is 39.1 Å². The van der Waals surface area contributed by atoms with Gasteiger partial charge in [-0.15, -0.1) is 0 Å². The summed E-state index contributed by atoms with van der Waals surface area (Å²) < 4.78 is 62.7. The number of sulfonamides is 1. The molecule has 3 N–H and O–H groups in total. The molecule has 6 rings (SSSR count). The van der Waals surface area contributed by atoms with Crippen molar-refractivity contribution in [3.8, 4) is 0 Å². The highest BCUT2D eigenvalue weighted by Crippen LogP contribution is 2.35. The number of benzene rings is 3. The van der Waals surface area contributed by atoms with E-state index in [1.165, 1.54) is 30.5 Å². The average Bonchev–Trinajstić information content (AvgIpc) is 3.68. The molecule has 0 radical (unpaired) electrons. The van der Waals surface area contributed by atoms with Crippen molar-refractivity contribution in [3.63, 3.8) is 0 Å². The molecule has 3 aromatic carbocycles. The topological polar surface area (TPSA) is 161 Å². The lowest BCUT2D eigenvalue weighted by atomic mass is 9.97. The van der Waals surface area contributed by atoms with Crippen LogP contribution in [-0.4, -0.2) is 46.4 Å². The number of halogens is 2. The van der Waals surface area contributed by atoms with Gasteiger partial charge in [-0.05, 0) is 93.1 Å². The van der Waals surface area contributed by atoms with Crippen LogP contribution in [0, 0.1) is 18.6 Å². The van der Waals surface area contributed by atoms with E-state index in [2.05, 4.69) is 25.4 Å². The Kier molecular flexibility index (Phi) is 9.33. The summed E-state index contributed by atoms with van der Waals surface area (Å²) in [6.45, 7) is 7.01. The summed E-state index contributed by atoms with van der Waals surface area (Å²) in [5.41, 5.74) is 1.91. The van der Waals surface area contributed by atoms with Gasteiger partial charge in [-0.1, -0.05) is 30.3 Å². The van der Waals surface area contributed by atoms with Gasteiger partial charge >= 0.3 is 5.97 Å². The maximum Gasteiger partial charge on any atom is 0.338 e. The first-order valence-corrected chi connectivity index (χ1v) is 17.4. The molecule has 5 aromatic rings. The van der Waals surface area contributed by atoms with Crippen LogP contribution in [0.1, 0.15) is 86.8 Å². The Morgan fingerprint density at radius 2 is 1.73 bits per heavy atom. The molecule has 0 spiro atoms. The van der Waals surface area contributed by atoms with Crippen LogP contribution in [0.25, 0.3) is 5.65 Å². The van der Waals surface area contributed by atoms with Crippen LogP contribution in [0.15, 0.2) is 77.8 Å². The number of anilines is 1. The van der Waals surface area contributed by atoms with Gasteiger partial charge in [-0.3, -0.25) is 14.3 Å². The largest absolute Gasteiger partial charge is 0.456 e. The smallest absolute Gasteiger partial charge is 0.338 e. The molecule has 12 nitrogen and oxygen atoms in total. The Hall–Kier alpha value is -5.70. The maximum absolute atomic E-state index is 14.0. The third kappa shape index (κ3) is 7.43. The molecule has 0 saturated heterocycles. The van der Waals surface area contributed by atoms with Gasteiger partial charge in [0.05, 0.1) is 22.7 Å². The number of hydrogen-bond donors (Lipinski definition) is 3. The molecule has 0 aliphatic heterocycles. The van der Waals surface area contributed by atoms with E-state index in [1.807, 2.05) is 6.92 Å². The number of amides is 2.